The fourth-order valence-corrected chi connectivity index (χ4v) is 2.78. The van der Waals surface area contributed by atoms with Crippen LogP contribution in [0.1, 0.15) is 49.9 Å². The molecule has 1 aliphatic rings. The van der Waals surface area contributed by atoms with Gasteiger partial charge in [0, 0.05) is 23.4 Å². The van der Waals surface area contributed by atoms with Gasteiger partial charge in [-0.15, -0.1) is 0 Å². The van der Waals surface area contributed by atoms with Crippen LogP contribution in [0.3, 0.4) is 0 Å². The minimum absolute atomic E-state index is 0.598. The van der Waals surface area contributed by atoms with E-state index in [1.165, 1.54) is 29.8 Å². The van der Waals surface area contributed by atoms with E-state index in [2.05, 4.69) is 24.7 Å². The van der Waals surface area contributed by atoms with Crippen molar-refractivity contribution in [3.8, 4) is 0 Å². The Hall–Kier alpha value is -1.64. The number of hydrogen-bond donors (Lipinski definition) is 0. The highest BCUT2D eigenvalue weighted by molar-refractivity contribution is 5.39. The summed E-state index contributed by atoms with van der Waals surface area (Å²) in [5.41, 5.74) is 4.87. The van der Waals surface area contributed by atoms with Crippen molar-refractivity contribution in [3.63, 3.8) is 0 Å². The second kappa shape index (κ2) is 4.56. The molecule has 1 aliphatic carbocycles. The second-order valence-corrected chi connectivity index (χ2v) is 5.15. The van der Waals surface area contributed by atoms with E-state index in [4.69, 9.17) is 4.98 Å². The molecule has 3 nitrogen and oxygen atoms in total. The van der Waals surface area contributed by atoms with Crippen molar-refractivity contribution in [2.45, 2.75) is 44.9 Å². The van der Waals surface area contributed by atoms with Gasteiger partial charge in [-0.1, -0.05) is 19.1 Å². The van der Waals surface area contributed by atoms with Gasteiger partial charge in [0.1, 0.15) is 0 Å². The van der Waals surface area contributed by atoms with Crippen molar-refractivity contribution in [2.24, 2.45) is 0 Å². The molecule has 0 spiro atoms. The molecule has 2 aromatic rings. The van der Waals surface area contributed by atoms with Gasteiger partial charge in [-0.3, -0.25) is 0 Å². The van der Waals surface area contributed by atoms with E-state index in [0.717, 1.165) is 24.9 Å². The van der Waals surface area contributed by atoms with E-state index < -0.39 is 0 Å². The van der Waals surface area contributed by atoms with Crippen molar-refractivity contribution in [2.75, 3.05) is 0 Å². The predicted molar refractivity (Wildman–Crippen MR) is 72.7 cm³/mol. The lowest BCUT2D eigenvalue weighted by Crippen LogP contribution is -2.10. The Morgan fingerprint density at radius 3 is 2.89 bits per heavy atom. The van der Waals surface area contributed by atoms with Gasteiger partial charge in [-0.05, 0) is 38.2 Å². The Bertz CT molecular complexity index is 572. The fraction of sp³-hybridized carbons (Fsp3) is 0.467. The molecule has 0 unspecified atom stereocenters. The largest absolute Gasteiger partial charge is 0.233 e. The third kappa shape index (κ3) is 1.94. The summed E-state index contributed by atoms with van der Waals surface area (Å²) in [7, 11) is 0. The van der Waals surface area contributed by atoms with E-state index in [1.807, 2.05) is 16.8 Å². The van der Waals surface area contributed by atoms with Gasteiger partial charge >= 0.3 is 0 Å². The molecule has 0 amide bonds. The topological polar surface area (TPSA) is 30.2 Å². The molecule has 0 saturated heterocycles. The summed E-state index contributed by atoms with van der Waals surface area (Å²) in [6.45, 7) is 6.25. The zero-order valence-electron chi connectivity index (χ0n) is 10.9. The highest BCUT2D eigenvalue weighted by Gasteiger charge is 2.19. The summed E-state index contributed by atoms with van der Waals surface area (Å²) in [6.07, 6.45) is 7.51. The lowest BCUT2D eigenvalue weighted by molar-refractivity contribution is 0.507. The number of fused-ring (bicyclic) bond motifs is 1. The van der Waals surface area contributed by atoms with Crippen molar-refractivity contribution >= 4 is 5.65 Å². The summed E-state index contributed by atoms with van der Waals surface area (Å²) in [6, 6.07) is 4.23. The molecule has 1 fully saturated rings. The Labute approximate surface area is 108 Å². The molecule has 0 atom stereocenters. The van der Waals surface area contributed by atoms with Crippen LogP contribution in [0.5, 0.6) is 0 Å². The van der Waals surface area contributed by atoms with Gasteiger partial charge in [0.25, 0.3) is 0 Å². The van der Waals surface area contributed by atoms with E-state index in [-0.39, 0.29) is 0 Å². The van der Waals surface area contributed by atoms with Crippen LogP contribution in [-0.4, -0.2) is 14.6 Å². The van der Waals surface area contributed by atoms with E-state index >= 15 is 0 Å². The summed E-state index contributed by atoms with van der Waals surface area (Å²) in [5.74, 6) is 0.598. The maximum Gasteiger partial charge on any atom is 0.155 e. The quantitative estimate of drug-likeness (QED) is 0.753. The van der Waals surface area contributed by atoms with Crippen LogP contribution in [0.2, 0.25) is 0 Å². The van der Waals surface area contributed by atoms with Crippen LogP contribution in [0.15, 0.2) is 30.5 Å². The zero-order valence-corrected chi connectivity index (χ0v) is 10.9. The number of hydrogen-bond acceptors (Lipinski definition) is 2. The average molecular weight is 241 g/mol. The molecule has 0 aromatic carbocycles. The molecule has 0 aliphatic heterocycles. The third-order valence-corrected chi connectivity index (χ3v) is 3.93. The molecule has 0 radical (unpaired) electrons. The average Bonchev–Trinajstić information content (AvgIpc) is 2.86. The van der Waals surface area contributed by atoms with E-state index in [9.17, 15) is 0 Å². The lowest BCUT2D eigenvalue weighted by Gasteiger charge is -2.23. The van der Waals surface area contributed by atoms with Gasteiger partial charge in [-0.25, -0.2) is 9.50 Å². The number of aromatic nitrogens is 3. The SMILES string of the molecule is C=C1CCC(c2cc(CC)n3nccc3n2)CC1. The first-order valence-electron chi connectivity index (χ1n) is 6.78. The van der Waals surface area contributed by atoms with Gasteiger partial charge in [0.2, 0.25) is 0 Å². The Kier molecular flexibility index (Phi) is 2.90. The maximum absolute atomic E-state index is 4.76. The highest BCUT2D eigenvalue weighted by atomic mass is 15.2. The molecule has 1 saturated carbocycles. The number of aryl methyl sites for hydroxylation is 1. The molecule has 3 rings (SSSR count). The Balaban J connectivity index is 1.98. The van der Waals surface area contributed by atoms with Crippen LogP contribution in [0.4, 0.5) is 0 Å². The van der Waals surface area contributed by atoms with Crippen molar-refractivity contribution in [1.82, 2.24) is 14.6 Å². The van der Waals surface area contributed by atoms with Crippen LogP contribution in [0.25, 0.3) is 5.65 Å². The van der Waals surface area contributed by atoms with Crippen LogP contribution < -0.4 is 0 Å². The van der Waals surface area contributed by atoms with Gasteiger partial charge in [0.05, 0.1) is 6.20 Å². The molecule has 18 heavy (non-hydrogen) atoms. The summed E-state index contributed by atoms with van der Waals surface area (Å²) in [4.78, 5) is 4.76. The smallest absolute Gasteiger partial charge is 0.155 e. The Morgan fingerprint density at radius 1 is 1.39 bits per heavy atom. The van der Waals surface area contributed by atoms with Crippen molar-refractivity contribution < 1.29 is 0 Å². The first kappa shape index (κ1) is 11.5. The van der Waals surface area contributed by atoms with Crippen LogP contribution in [0, 0.1) is 0 Å². The first-order chi connectivity index (χ1) is 8.78. The van der Waals surface area contributed by atoms with Crippen LogP contribution >= 0.6 is 0 Å². The van der Waals surface area contributed by atoms with Gasteiger partial charge in [-0.2, -0.15) is 5.10 Å². The predicted octanol–water partition coefficient (Wildman–Crippen LogP) is 3.51. The zero-order chi connectivity index (χ0) is 12.5. The molecule has 2 heterocycles. The summed E-state index contributed by atoms with van der Waals surface area (Å²) in [5, 5.41) is 4.33. The van der Waals surface area contributed by atoms with Gasteiger partial charge < -0.3 is 0 Å². The minimum Gasteiger partial charge on any atom is -0.233 e. The molecular weight excluding hydrogens is 222 g/mol. The van der Waals surface area contributed by atoms with Crippen molar-refractivity contribution in [3.05, 3.63) is 41.9 Å². The number of rotatable bonds is 2. The molecule has 0 N–H and O–H groups in total. The number of nitrogens with zero attached hydrogens (tertiary/aromatic N) is 3. The molecule has 2 aromatic heterocycles. The Morgan fingerprint density at radius 2 is 2.17 bits per heavy atom. The molecule has 3 heteroatoms. The number of allylic oxidation sites excluding steroid dienone is 1. The fourth-order valence-electron chi connectivity index (χ4n) is 2.78. The third-order valence-electron chi connectivity index (χ3n) is 3.93. The first-order valence-corrected chi connectivity index (χ1v) is 6.78. The monoisotopic (exact) mass is 241 g/mol. The van der Waals surface area contributed by atoms with Crippen molar-refractivity contribution in [1.29, 1.82) is 0 Å². The lowest BCUT2D eigenvalue weighted by atomic mass is 9.84. The molecule has 94 valence electrons. The minimum atomic E-state index is 0.598. The van der Waals surface area contributed by atoms with Crippen LogP contribution in [-0.2, 0) is 6.42 Å². The van der Waals surface area contributed by atoms with E-state index in [1.54, 1.807) is 0 Å². The normalized spacial score (nSPS) is 17.5. The second-order valence-electron chi connectivity index (χ2n) is 5.15. The highest BCUT2D eigenvalue weighted by Crippen LogP contribution is 2.34. The standard InChI is InChI=1S/C15H19N3/c1-3-13-10-14(12-6-4-11(2)5-7-12)17-15-8-9-16-18(13)15/h8-10,12H,2-7H2,1H3. The summed E-state index contributed by atoms with van der Waals surface area (Å²) < 4.78 is 1.95. The molecule has 0 bridgehead atoms. The summed E-state index contributed by atoms with van der Waals surface area (Å²) >= 11 is 0. The molecular formula is C15H19N3. The van der Waals surface area contributed by atoms with Gasteiger partial charge in [0.15, 0.2) is 5.65 Å². The van der Waals surface area contributed by atoms with E-state index in [0.29, 0.717) is 5.92 Å². The maximum atomic E-state index is 4.76.